The molecule has 2 aliphatic heterocycles. The second kappa shape index (κ2) is 8.00. The van der Waals surface area contributed by atoms with Gasteiger partial charge in [-0.2, -0.15) is 10.2 Å². The molecule has 28 heavy (non-hydrogen) atoms. The lowest BCUT2D eigenvalue weighted by Crippen LogP contribution is -3.18. The highest BCUT2D eigenvalue weighted by Gasteiger charge is 2.46. The number of hydrogen-bond donors (Lipinski definition) is 2. The van der Waals surface area contributed by atoms with Crippen molar-refractivity contribution in [3.05, 3.63) is 54.6 Å². The average molecular weight is 379 g/mol. The molecule has 7 heteroatoms. The summed E-state index contributed by atoms with van der Waals surface area (Å²) in [6, 6.07) is 15.9. The van der Waals surface area contributed by atoms with Gasteiger partial charge in [-0.05, 0) is 49.2 Å². The molecule has 0 aromatic heterocycles. The second-order valence-electron chi connectivity index (χ2n) is 7.28. The van der Waals surface area contributed by atoms with E-state index in [1.807, 2.05) is 30.3 Å². The van der Waals surface area contributed by atoms with Gasteiger partial charge in [0.1, 0.15) is 12.6 Å². The maximum Gasteiger partial charge on any atom is 0.292 e. The lowest BCUT2D eigenvalue weighted by atomic mass is 10.1. The van der Waals surface area contributed by atoms with Gasteiger partial charge in [0.2, 0.25) is 5.91 Å². The molecule has 0 spiro atoms. The van der Waals surface area contributed by atoms with Gasteiger partial charge in [0.25, 0.3) is 5.91 Å². The van der Waals surface area contributed by atoms with E-state index < -0.39 is 12.1 Å². The molecule has 2 N–H and O–H groups in total. The summed E-state index contributed by atoms with van der Waals surface area (Å²) in [7, 11) is 0. The highest BCUT2D eigenvalue weighted by molar-refractivity contribution is 6.21. The van der Waals surface area contributed by atoms with Crippen LogP contribution in [0, 0.1) is 0 Å². The second-order valence-corrected chi connectivity index (χ2v) is 7.28. The van der Waals surface area contributed by atoms with Gasteiger partial charge >= 0.3 is 0 Å². The smallest absolute Gasteiger partial charge is 0.292 e. The fourth-order valence-electron chi connectivity index (χ4n) is 3.89. The Morgan fingerprint density at radius 1 is 0.964 bits per heavy atom. The van der Waals surface area contributed by atoms with Crippen LogP contribution in [0.3, 0.4) is 0 Å². The molecule has 2 aromatic carbocycles. The van der Waals surface area contributed by atoms with E-state index >= 15 is 0 Å². The van der Waals surface area contributed by atoms with E-state index in [-0.39, 0.29) is 18.2 Å². The van der Waals surface area contributed by atoms with Crippen LogP contribution in [0.5, 0.6) is 0 Å². The summed E-state index contributed by atoms with van der Waals surface area (Å²) in [6.45, 7) is 1.34. The number of rotatable bonds is 4. The Bertz CT molecular complexity index is 882. The molecule has 2 fully saturated rings. The largest absolute Gasteiger partial charge is 0.387 e. The lowest BCUT2D eigenvalue weighted by Gasteiger charge is -2.30. The van der Waals surface area contributed by atoms with E-state index in [4.69, 9.17) is 0 Å². The standard InChI is InChI=1S/C21H22N4O3/c26-18-7-4-12-24(14-18)19-13-20(27)25(21(19)28)17-10-8-16(9-11-17)23-22-15-5-2-1-3-6-15/h1-3,5-6,8-11,18-19,26H,4,7,12-14H2/p+1/t18-,19-/m0/s1. The molecule has 1 unspecified atom stereocenters. The molecule has 2 heterocycles. The minimum Gasteiger partial charge on any atom is -0.387 e. The molecule has 2 saturated heterocycles. The molecular formula is C21H23N4O3+. The number of carbonyl (C=O) groups is 2. The van der Waals surface area contributed by atoms with Gasteiger partial charge in [-0.3, -0.25) is 9.59 Å². The lowest BCUT2D eigenvalue weighted by molar-refractivity contribution is -0.922. The quantitative estimate of drug-likeness (QED) is 0.627. The fourth-order valence-corrected chi connectivity index (χ4v) is 3.89. The van der Waals surface area contributed by atoms with Crippen LogP contribution in [0.4, 0.5) is 17.1 Å². The number of amides is 2. The zero-order valence-corrected chi connectivity index (χ0v) is 15.5. The summed E-state index contributed by atoms with van der Waals surface area (Å²) in [5.74, 6) is -0.381. The highest BCUT2D eigenvalue weighted by atomic mass is 16.3. The Morgan fingerprint density at radius 2 is 1.64 bits per heavy atom. The van der Waals surface area contributed by atoms with Crippen molar-refractivity contribution in [2.45, 2.75) is 31.4 Å². The SMILES string of the molecule is O=C1C[C@H]([NH+]2CCC[C@H](O)C2)C(=O)N1c1ccc(N=Nc2ccccc2)cc1. The van der Waals surface area contributed by atoms with Crippen LogP contribution in [0.25, 0.3) is 0 Å². The molecule has 144 valence electrons. The van der Waals surface area contributed by atoms with Gasteiger partial charge in [-0.25, -0.2) is 4.90 Å². The number of benzene rings is 2. The van der Waals surface area contributed by atoms with Gasteiger partial charge in [0, 0.05) is 0 Å². The van der Waals surface area contributed by atoms with E-state index in [1.165, 1.54) is 4.90 Å². The molecule has 7 nitrogen and oxygen atoms in total. The van der Waals surface area contributed by atoms with E-state index in [0.29, 0.717) is 17.9 Å². The zero-order valence-electron chi connectivity index (χ0n) is 15.5. The Balaban J connectivity index is 1.47. The van der Waals surface area contributed by atoms with Gasteiger partial charge in [-0.15, -0.1) is 0 Å². The maximum absolute atomic E-state index is 12.9. The zero-order chi connectivity index (χ0) is 19.5. The number of nitrogens with zero attached hydrogens (tertiary/aromatic N) is 3. The first kappa shape index (κ1) is 18.5. The van der Waals surface area contributed by atoms with Crippen LogP contribution in [-0.4, -0.2) is 42.2 Å². The summed E-state index contributed by atoms with van der Waals surface area (Å²) < 4.78 is 0. The number of imide groups is 1. The van der Waals surface area contributed by atoms with Gasteiger partial charge < -0.3 is 10.0 Å². The number of piperidine rings is 1. The Labute approximate surface area is 163 Å². The van der Waals surface area contributed by atoms with Crippen molar-refractivity contribution >= 4 is 28.9 Å². The molecule has 2 aliphatic rings. The maximum atomic E-state index is 12.9. The molecule has 0 saturated carbocycles. The predicted molar refractivity (Wildman–Crippen MR) is 104 cm³/mol. The predicted octanol–water partition coefficient (Wildman–Crippen LogP) is 1.77. The number of aliphatic hydroxyl groups is 1. The normalized spacial score (nSPS) is 25.6. The molecule has 0 aliphatic carbocycles. The van der Waals surface area contributed by atoms with E-state index in [0.717, 1.165) is 30.0 Å². The van der Waals surface area contributed by atoms with Crippen molar-refractivity contribution in [2.75, 3.05) is 18.0 Å². The van der Waals surface area contributed by atoms with Crippen molar-refractivity contribution in [1.29, 1.82) is 0 Å². The summed E-state index contributed by atoms with van der Waals surface area (Å²) in [5.41, 5.74) is 1.95. The molecule has 4 rings (SSSR count). The summed E-state index contributed by atoms with van der Waals surface area (Å²) in [5, 5.41) is 18.2. The minimum atomic E-state index is -0.403. The number of azo groups is 1. The van der Waals surface area contributed by atoms with Crippen LogP contribution in [0.2, 0.25) is 0 Å². The Hall–Kier alpha value is -2.90. The summed E-state index contributed by atoms with van der Waals surface area (Å²) >= 11 is 0. The third kappa shape index (κ3) is 3.85. The number of nitrogens with one attached hydrogen (secondary N) is 1. The van der Waals surface area contributed by atoms with Crippen molar-refractivity contribution < 1.29 is 19.6 Å². The van der Waals surface area contributed by atoms with Crippen LogP contribution < -0.4 is 9.80 Å². The van der Waals surface area contributed by atoms with Gasteiger partial charge in [0.05, 0.1) is 30.0 Å². The number of carbonyl (C=O) groups excluding carboxylic acids is 2. The summed E-state index contributed by atoms with van der Waals surface area (Å²) in [4.78, 5) is 27.6. The molecule has 2 amide bonds. The molecule has 3 atom stereocenters. The number of quaternary nitrogens is 1. The third-order valence-corrected chi connectivity index (χ3v) is 5.32. The first-order valence-electron chi connectivity index (χ1n) is 9.58. The van der Waals surface area contributed by atoms with E-state index in [1.54, 1.807) is 24.3 Å². The van der Waals surface area contributed by atoms with Gasteiger partial charge in [-0.1, -0.05) is 18.2 Å². The third-order valence-electron chi connectivity index (χ3n) is 5.32. The van der Waals surface area contributed by atoms with Crippen LogP contribution in [-0.2, 0) is 9.59 Å². The van der Waals surface area contributed by atoms with Crippen LogP contribution in [0.15, 0.2) is 64.8 Å². The first-order valence-corrected chi connectivity index (χ1v) is 9.58. The van der Waals surface area contributed by atoms with Gasteiger partial charge in [0.15, 0.2) is 6.04 Å². The number of aliphatic hydroxyl groups excluding tert-OH is 1. The van der Waals surface area contributed by atoms with Crippen LogP contribution in [0.1, 0.15) is 19.3 Å². The molecule has 0 radical (unpaired) electrons. The highest BCUT2D eigenvalue weighted by Crippen LogP contribution is 2.26. The van der Waals surface area contributed by atoms with E-state index in [9.17, 15) is 14.7 Å². The Morgan fingerprint density at radius 3 is 2.32 bits per heavy atom. The van der Waals surface area contributed by atoms with Crippen LogP contribution >= 0.6 is 0 Å². The fraction of sp³-hybridized carbons (Fsp3) is 0.333. The number of hydrogen-bond acceptors (Lipinski definition) is 5. The first-order chi connectivity index (χ1) is 13.6. The summed E-state index contributed by atoms with van der Waals surface area (Å²) in [6.07, 6.45) is 1.43. The molecular weight excluding hydrogens is 356 g/mol. The van der Waals surface area contributed by atoms with Crippen molar-refractivity contribution in [3.63, 3.8) is 0 Å². The molecule has 2 aromatic rings. The Kier molecular flexibility index (Phi) is 5.27. The van der Waals surface area contributed by atoms with Crippen molar-refractivity contribution in [2.24, 2.45) is 10.2 Å². The molecule has 0 bridgehead atoms. The number of anilines is 1. The van der Waals surface area contributed by atoms with Crippen molar-refractivity contribution in [3.8, 4) is 0 Å². The van der Waals surface area contributed by atoms with Crippen molar-refractivity contribution in [1.82, 2.24) is 0 Å². The monoisotopic (exact) mass is 379 g/mol. The average Bonchev–Trinajstić information content (AvgIpc) is 3.02. The number of likely N-dealkylation sites (tertiary alicyclic amines) is 1. The van der Waals surface area contributed by atoms with E-state index in [2.05, 4.69) is 10.2 Å². The topological polar surface area (TPSA) is 86.8 Å². The minimum absolute atomic E-state index is 0.187.